The van der Waals surface area contributed by atoms with Crippen molar-refractivity contribution in [1.29, 1.82) is 0 Å². The average Bonchev–Trinajstić information content (AvgIpc) is 3.04. The SMILES string of the molecule is Cc1nn(-c2ncccn2)c2c1C(c1cccc3ccccc13)CC(=O)N2. The molecule has 4 aromatic rings. The fraction of sp³-hybridized carbons (Fsp3) is 0.143. The number of benzene rings is 2. The van der Waals surface area contributed by atoms with Gasteiger partial charge in [0.05, 0.1) is 5.69 Å². The van der Waals surface area contributed by atoms with Crippen molar-refractivity contribution in [3.05, 3.63) is 77.7 Å². The van der Waals surface area contributed by atoms with E-state index >= 15 is 0 Å². The van der Waals surface area contributed by atoms with Crippen molar-refractivity contribution in [2.75, 3.05) is 5.32 Å². The number of carbonyl (C=O) groups is 1. The lowest BCUT2D eigenvalue weighted by atomic mass is 9.83. The number of nitrogens with one attached hydrogen (secondary N) is 1. The molecule has 0 bridgehead atoms. The molecule has 2 aromatic heterocycles. The van der Waals surface area contributed by atoms with Gasteiger partial charge in [-0.25, -0.2) is 9.97 Å². The summed E-state index contributed by atoms with van der Waals surface area (Å²) in [7, 11) is 0. The van der Waals surface area contributed by atoms with Crippen LogP contribution in [0.3, 0.4) is 0 Å². The van der Waals surface area contributed by atoms with Gasteiger partial charge in [0.15, 0.2) is 0 Å². The van der Waals surface area contributed by atoms with Crippen molar-refractivity contribution >= 4 is 22.5 Å². The summed E-state index contributed by atoms with van der Waals surface area (Å²) in [6.07, 6.45) is 3.72. The molecular weight excluding hydrogens is 338 g/mol. The summed E-state index contributed by atoms with van der Waals surface area (Å²) in [6.45, 7) is 1.97. The standard InChI is InChI=1S/C21H17N5O/c1-13-19-17(16-9-4-7-14-6-2-3-8-15(14)16)12-18(27)24-20(19)26(25-13)21-22-10-5-11-23-21/h2-11,17H,12H2,1H3,(H,24,27). The molecule has 0 saturated heterocycles. The molecule has 6 nitrogen and oxygen atoms in total. The van der Waals surface area contributed by atoms with Gasteiger partial charge in [-0.3, -0.25) is 4.79 Å². The lowest BCUT2D eigenvalue weighted by molar-refractivity contribution is -0.116. The second-order valence-corrected chi connectivity index (χ2v) is 6.68. The monoisotopic (exact) mass is 355 g/mol. The van der Waals surface area contributed by atoms with Crippen LogP contribution in [0.2, 0.25) is 0 Å². The highest BCUT2D eigenvalue weighted by Gasteiger charge is 2.33. The summed E-state index contributed by atoms with van der Waals surface area (Å²) in [6, 6.07) is 16.3. The Morgan fingerprint density at radius 3 is 2.67 bits per heavy atom. The van der Waals surface area contributed by atoms with Crippen LogP contribution < -0.4 is 5.32 Å². The van der Waals surface area contributed by atoms with Gasteiger partial charge in [-0.1, -0.05) is 42.5 Å². The van der Waals surface area contributed by atoms with Crippen LogP contribution in [0.15, 0.2) is 60.9 Å². The molecule has 2 aromatic carbocycles. The molecule has 1 aliphatic heterocycles. The van der Waals surface area contributed by atoms with Crippen molar-refractivity contribution in [1.82, 2.24) is 19.7 Å². The summed E-state index contributed by atoms with van der Waals surface area (Å²) < 4.78 is 1.62. The van der Waals surface area contributed by atoms with E-state index < -0.39 is 0 Å². The molecule has 0 spiro atoms. The molecule has 0 saturated carbocycles. The number of aromatic nitrogens is 4. The second kappa shape index (κ2) is 6.02. The van der Waals surface area contributed by atoms with Gasteiger partial charge in [0.1, 0.15) is 5.82 Å². The van der Waals surface area contributed by atoms with Crippen LogP contribution >= 0.6 is 0 Å². The Bertz CT molecular complexity index is 1160. The van der Waals surface area contributed by atoms with Crippen LogP contribution in [-0.4, -0.2) is 25.7 Å². The van der Waals surface area contributed by atoms with Crippen LogP contribution in [0.25, 0.3) is 16.7 Å². The smallest absolute Gasteiger partial charge is 0.252 e. The molecule has 1 N–H and O–H groups in total. The number of nitrogens with zero attached hydrogens (tertiary/aromatic N) is 4. The maximum atomic E-state index is 12.5. The number of carbonyl (C=O) groups excluding carboxylic acids is 1. The van der Waals surface area contributed by atoms with Crippen LogP contribution in [0.4, 0.5) is 5.82 Å². The largest absolute Gasteiger partial charge is 0.310 e. The first-order valence-corrected chi connectivity index (χ1v) is 8.87. The maximum absolute atomic E-state index is 12.5. The third-order valence-corrected chi connectivity index (χ3v) is 5.04. The molecule has 6 heteroatoms. The lowest BCUT2D eigenvalue weighted by Crippen LogP contribution is -2.25. The van der Waals surface area contributed by atoms with Crippen LogP contribution in [0, 0.1) is 6.92 Å². The van der Waals surface area contributed by atoms with Crippen molar-refractivity contribution in [2.24, 2.45) is 0 Å². The summed E-state index contributed by atoms with van der Waals surface area (Å²) >= 11 is 0. The molecule has 1 amide bonds. The summed E-state index contributed by atoms with van der Waals surface area (Å²) in [4.78, 5) is 21.1. The second-order valence-electron chi connectivity index (χ2n) is 6.68. The van der Waals surface area contributed by atoms with Gasteiger partial charge >= 0.3 is 0 Å². The summed E-state index contributed by atoms with van der Waals surface area (Å²) in [5.74, 6) is 1.02. The molecule has 27 heavy (non-hydrogen) atoms. The number of hydrogen-bond donors (Lipinski definition) is 1. The highest BCUT2D eigenvalue weighted by atomic mass is 16.1. The Labute approximate surface area is 155 Å². The van der Waals surface area contributed by atoms with E-state index in [1.54, 1.807) is 23.1 Å². The van der Waals surface area contributed by atoms with E-state index in [-0.39, 0.29) is 11.8 Å². The quantitative estimate of drug-likeness (QED) is 0.596. The van der Waals surface area contributed by atoms with Gasteiger partial charge in [-0.2, -0.15) is 9.78 Å². The third-order valence-electron chi connectivity index (χ3n) is 5.04. The van der Waals surface area contributed by atoms with Crippen molar-refractivity contribution in [3.63, 3.8) is 0 Å². The van der Waals surface area contributed by atoms with E-state index in [0.29, 0.717) is 18.2 Å². The van der Waals surface area contributed by atoms with Crippen molar-refractivity contribution in [3.8, 4) is 5.95 Å². The molecule has 1 unspecified atom stereocenters. The average molecular weight is 355 g/mol. The van der Waals surface area contributed by atoms with E-state index in [1.165, 1.54) is 5.39 Å². The molecule has 0 fully saturated rings. The number of hydrogen-bond acceptors (Lipinski definition) is 4. The molecule has 1 atom stereocenters. The predicted molar refractivity (Wildman–Crippen MR) is 103 cm³/mol. The summed E-state index contributed by atoms with van der Waals surface area (Å²) in [5, 5.41) is 9.93. The van der Waals surface area contributed by atoms with Gasteiger partial charge in [0.2, 0.25) is 5.91 Å². The topological polar surface area (TPSA) is 72.7 Å². The number of fused-ring (bicyclic) bond motifs is 2. The van der Waals surface area contributed by atoms with E-state index in [1.807, 2.05) is 25.1 Å². The molecule has 0 aliphatic carbocycles. The minimum absolute atomic E-state index is 0.0301. The van der Waals surface area contributed by atoms with Crippen molar-refractivity contribution < 1.29 is 4.79 Å². The number of amides is 1. The fourth-order valence-corrected chi connectivity index (χ4v) is 3.91. The third kappa shape index (κ3) is 2.49. The number of rotatable bonds is 2. The first-order valence-electron chi connectivity index (χ1n) is 8.87. The molecule has 132 valence electrons. The molecule has 1 aliphatic rings. The van der Waals surface area contributed by atoms with E-state index in [9.17, 15) is 4.79 Å². The zero-order valence-corrected chi connectivity index (χ0v) is 14.8. The Kier molecular flexibility index (Phi) is 3.50. The zero-order chi connectivity index (χ0) is 18.4. The minimum atomic E-state index is -0.0580. The van der Waals surface area contributed by atoms with Crippen LogP contribution in [-0.2, 0) is 4.79 Å². The predicted octanol–water partition coefficient (Wildman–Crippen LogP) is 3.60. The molecule has 3 heterocycles. The molecule has 0 radical (unpaired) electrons. The lowest BCUT2D eigenvalue weighted by Gasteiger charge is -2.25. The van der Waals surface area contributed by atoms with Crippen molar-refractivity contribution in [2.45, 2.75) is 19.3 Å². The Hall–Kier alpha value is -3.54. The molecule has 5 rings (SSSR count). The summed E-state index contributed by atoms with van der Waals surface area (Å²) in [5.41, 5.74) is 3.04. The maximum Gasteiger partial charge on any atom is 0.252 e. The zero-order valence-electron chi connectivity index (χ0n) is 14.8. The normalized spacial score (nSPS) is 16.2. The number of aryl methyl sites for hydroxylation is 1. The fourth-order valence-electron chi connectivity index (χ4n) is 3.91. The van der Waals surface area contributed by atoms with Gasteiger partial charge < -0.3 is 5.32 Å². The van der Waals surface area contributed by atoms with Gasteiger partial charge in [0.25, 0.3) is 5.95 Å². The Morgan fingerprint density at radius 2 is 1.81 bits per heavy atom. The first kappa shape index (κ1) is 15.7. The van der Waals surface area contributed by atoms with Gasteiger partial charge in [0, 0.05) is 30.3 Å². The minimum Gasteiger partial charge on any atom is -0.310 e. The van der Waals surface area contributed by atoms with Crippen LogP contribution in [0.1, 0.15) is 29.2 Å². The Balaban J connectivity index is 1.74. The van der Waals surface area contributed by atoms with E-state index in [0.717, 1.165) is 22.2 Å². The number of anilines is 1. The highest BCUT2D eigenvalue weighted by molar-refractivity contribution is 5.96. The highest BCUT2D eigenvalue weighted by Crippen LogP contribution is 2.41. The Morgan fingerprint density at radius 1 is 1.04 bits per heavy atom. The van der Waals surface area contributed by atoms with Gasteiger partial charge in [-0.05, 0) is 29.3 Å². The van der Waals surface area contributed by atoms with Crippen LogP contribution in [0.5, 0.6) is 0 Å². The first-order chi connectivity index (χ1) is 13.2. The van der Waals surface area contributed by atoms with E-state index in [4.69, 9.17) is 0 Å². The van der Waals surface area contributed by atoms with Gasteiger partial charge in [-0.15, -0.1) is 0 Å². The van der Waals surface area contributed by atoms with E-state index in [2.05, 4.69) is 44.6 Å². The molecular formula is C21H17N5O.